The van der Waals surface area contributed by atoms with Crippen LogP contribution < -0.4 is 11.1 Å². The lowest BCUT2D eigenvalue weighted by molar-refractivity contribution is -0.111. The minimum Gasteiger partial charge on any atom is -0.357 e. The van der Waals surface area contributed by atoms with Gasteiger partial charge in [-0.3, -0.25) is 14.7 Å². The molecular weight excluding hydrogens is 414 g/mol. The van der Waals surface area contributed by atoms with Crippen LogP contribution in [0.1, 0.15) is 33.6 Å². The van der Waals surface area contributed by atoms with Gasteiger partial charge in [-0.25, -0.2) is 0 Å². The van der Waals surface area contributed by atoms with Crippen LogP contribution in [-0.4, -0.2) is 33.6 Å². The summed E-state index contributed by atoms with van der Waals surface area (Å²) in [5.41, 5.74) is 11.5. The van der Waals surface area contributed by atoms with Crippen molar-refractivity contribution in [2.24, 2.45) is 5.73 Å². The van der Waals surface area contributed by atoms with Crippen molar-refractivity contribution in [3.63, 3.8) is 0 Å². The average molecular weight is 440 g/mol. The maximum atomic E-state index is 12.6. The topological polar surface area (TPSA) is 104 Å². The van der Waals surface area contributed by atoms with E-state index in [0.29, 0.717) is 17.8 Å². The number of anilines is 1. The van der Waals surface area contributed by atoms with Crippen molar-refractivity contribution >= 4 is 28.8 Å². The van der Waals surface area contributed by atoms with E-state index in [1.165, 1.54) is 10.9 Å². The molecule has 0 fully saturated rings. The number of para-hydroxylation sites is 1. The maximum absolute atomic E-state index is 12.6. The third-order valence-electron chi connectivity index (χ3n) is 6.43. The number of hydrogen-bond acceptors (Lipinski definition) is 5. The molecule has 5 rings (SSSR count). The summed E-state index contributed by atoms with van der Waals surface area (Å²) in [6, 6.07) is 18.9. The van der Waals surface area contributed by atoms with E-state index >= 15 is 0 Å². The highest BCUT2D eigenvalue weighted by Gasteiger charge is 2.37. The zero-order valence-electron chi connectivity index (χ0n) is 18.1. The molecule has 33 heavy (non-hydrogen) atoms. The maximum Gasteiger partial charge on any atom is 0.255 e. The van der Waals surface area contributed by atoms with Crippen LogP contribution in [0.3, 0.4) is 0 Å². The fourth-order valence-corrected chi connectivity index (χ4v) is 4.64. The molecule has 1 unspecified atom stereocenters. The summed E-state index contributed by atoms with van der Waals surface area (Å²) < 4.78 is 0. The smallest absolute Gasteiger partial charge is 0.255 e. The van der Waals surface area contributed by atoms with E-state index in [1.807, 2.05) is 18.2 Å². The lowest BCUT2D eigenvalue weighted by Gasteiger charge is -2.42. The summed E-state index contributed by atoms with van der Waals surface area (Å²) in [5, 5.41) is 4.09. The molecule has 1 amide bonds. The Morgan fingerprint density at radius 3 is 2.64 bits per heavy atom. The van der Waals surface area contributed by atoms with Gasteiger partial charge in [-0.2, -0.15) is 0 Å². The highest BCUT2D eigenvalue weighted by Crippen LogP contribution is 2.34. The quantitative estimate of drug-likeness (QED) is 0.399. The number of benzene rings is 2. The predicted octanol–water partition coefficient (Wildman–Crippen LogP) is 3.57. The van der Waals surface area contributed by atoms with Gasteiger partial charge < -0.3 is 20.8 Å². The normalized spacial score (nSPS) is 15.5. The van der Waals surface area contributed by atoms with Crippen molar-refractivity contribution in [2.75, 3.05) is 11.9 Å². The van der Waals surface area contributed by atoms with E-state index in [-0.39, 0.29) is 12.3 Å². The van der Waals surface area contributed by atoms with Crippen LogP contribution in [0.5, 0.6) is 0 Å². The monoisotopic (exact) mass is 439 g/mol. The number of H-pyrrole nitrogens is 1. The highest BCUT2D eigenvalue weighted by molar-refractivity contribution is 6.04. The van der Waals surface area contributed by atoms with Crippen LogP contribution in [0.25, 0.3) is 10.9 Å². The molecule has 2 aromatic heterocycles. The second kappa shape index (κ2) is 8.61. The van der Waals surface area contributed by atoms with Crippen molar-refractivity contribution in [3.8, 4) is 0 Å². The molecule has 0 aliphatic carbocycles. The van der Waals surface area contributed by atoms with Gasteiger partial charge in [-0.1, -0.05) is 30.3 Å². The van der Waals surface area contributed by atoms with Crippen molar-refractivity contribution < 1.29 is 9.59 Å². The lowest BCUT2D eigenvalue weighted by Crippen LogP contribution is -2.55. The summed E-state index contributed by atoms with van der Waals surface area (Å²) in [7, 11) is 0. The Kier molecular flexibility index (Phi) is 5.50. The summed E-state index contributed by atoms with van der Waals surface area (Å²) in [4.78, 5) is 33.8. The molecule has 4 N–H and O–H groups in total. The molecule has 7 heteroatoms. The highest BCUT2D eigenvalue weighted by atomic mass is 16.1. The fourth-order valence-electron chi connectivity index (χ4n) is 4.64. The van der Waals surface area contributed by atoms with Gasteiger partial charge in [0, 0.05) is 59.8 Å². The zero-order chi connectivity index (χ0) is 22.8. The minimum atomic E-state index is -0.961. The number of nitrogens with zero attached hydrogens (tertiary/aromatic N) is 2. The molecule has 4 aromatic rings. The van der Waals surface area contributed by atoms with Gasteiger partial charge in [0.2, 0.25) is 0 Å². The number of nitrogens with one attached hydrogen (secondary N) is 2. The Bertz CT molecular complexity index is 1300. The first kappa shape index (κ1) is 21.1. The predicted molar refractivity (Wildman–Crippen MR) is 128 cm³/mol. The van der Waals surface area contributed by atoms with E-state index < -0.39 is 5.66 Å². The summed E-state index contributed by atoms with van der Waals surface area (Å²) >= 11 is 0. The van der Waals surface area contributed by atoms with Crippen LogP contribution in [0.15, 0.2) is 73.1 Å². The number of aromatic nitrogens is 2. The molecule has 0 saturated carbocycles. The van der Waals surface area contributed by atoms with Crippen molar-refractivity contribution in [3.05, 3.63) is 95.4 Å². The molecular formula is C26H25N5O2. The number of aromatic amines is 1. The number of pyridine rings is 1. The van der Waals surface area contributed by atoms with Gasteiger partial charge in [0.05, 0.1) is 0 Å². The third kappa shape index (κ3) is 3.92. The van der Waals surface area contributed by atoms with Crippen LogP contribution in [0, 0.1) is 0 Å². The molecule has 1 aliphatic heterocycles. The molecule has 0 bridgehead atoms. The van der Waals surface area contributed by atoms with Gasteiger partial charge in [-0.05, 0) is 47.9 Å². The Hall–Kier alpha value is -3.81. The third-order valence-corrected chi connectivity index (χ3v) is 6.43. The lowest BCUT2D eigenvalue weighted by atomic mass is 9.91. The number of carbonyl (C=O) groups excluding carboxylic acids is 2. The van der Waals surface area contributed by atoms with E-state index in [9.17, 15) is 9.59 Å². The van der Waals surface area contributed by atoms with Gasteiger partial charge in [-0.15, -0.1) is 0 Å². The molecule has 166 valence electrons. The van der Waals surface area contributed by atoms with E-state index in [4.69, 9.17) is 5.73 Å². The van der Waals surface area contributed by atoms with Gasteiger partial charge in [0.15, 0.2) is 0 Å². The molecule has 1 aliphatic rings. The summed E-state index contributed by atoms with van der Waals surface area (Å²) in [5.74, 6) is -0.216. The number of fused-ring (bicyclic) bond motifs is 3. The Morgan fingerprint density at radius 2 is 1.88 bits per heavy atom. The van der Waals surface area contributed by atoms with Crippen molar-refractivity contribution in [2.45, 2.75) is 25.0 Å². The van der Waals surface area contributed by atoms with Crippen LogP contribution in [0.2, 0.25) is 0 Å². The second-order valence-corrected chi connectivity index (χ2v) is 8.36. The minimum absolute atomic E-state index is 0.158. The Morgan fingerprint density at radius 1 is 1.12 bits per heavy atom. The standard InChI is InChI=1S/C26H25N5O2/c27-26(12-16-32,31-15-11-22-21-3-1-2-4-23(21)30-24(22)17-31)19-7-5-18(6-8-19)25(33)29-20-9-13-28-14-10-20/h1-10,13-14,16,30H,11-12,15,17,27H2,(H,28,29,33). The molecule has 2 aromatic carbocycles. The fraction of sp³-hybridized carbons (Fsp3) is 0.192. The number of rotatable bonds is 6. The number of hydrogen-bond donors (Lipinski definition) is 3. The first-order chi connectivity index (χ1) is 16.1. The number of aldehydes is 1. The van der Waals surface area contributed by atoms with E-state index in [0.717, 1.165) is 36.0 Å². The van der Waals surface area contributed by atoms with Crippen LogP contribution >= 0.6 is 0 Å². The summed E-state index contributed by atoms with van der Waals surface area (Å²) in [6.07, 6.45) is 5.12. The first-order valence-corrected chi connectivity index (χ1v) is 11.0. The average Bonchev–Trinajstić information content (AvgIpc) is 3.23. The molecule has 0 saturated heterocycles. The largest absolute Gasteiger partial charge is 0.357 e. The molecule has 7 nitrogen and oxygen atoms in total. The molecule has 1 atom stereocenters. The zero-order valence-corrected chi connectivity index (χ0v) is 18.1. The SMILES string of the molecule is NC(CC=O)(c1ccc(C(=O)Nc2ccncc2)cc1)N1CCc2c([nH]c3ccccc23)C1. The molecule has 0 spiro atoms. The molecule has 3 heterocycles. The Labute approximate surface area is 191 Å². The van der Waals surface area contributed by atoms with Crippen LogP contribution in [-0.2, 0) is 23.4 Å². The molecule has 0 radical (unpaired) electrons. The number of carbonyl (C=O) groups is 2. The van der Waals surface area contributed by atoms with Crippen molar-refractivity contribution in [1.29, 1.82) is 0 Å². The van der Waals surface area contributed by atoms with Crippen molar-refractivity contribution in [1.82, 2.24) is 14.9 Å². The number of amides is 1. The first-order valence-electron chi connectivity index (χ1n) is 11.0. The number of nitrogens with two attached hydrogens (primary N) is 1. The Balaban J connectivity index is 1.39. The van der Waals surface area contributed by atoms with Gasteiger partial charge in [0.1, 0.15) is 11.9 Å². The summed E-state index contributed by atoms with van der Waals surface area (Å²) in [6.45, 7) is 1.36. The second-order valence-electron chi connectivity index (χ2n) is 8.36. The van der Waals surface area contributed by atoms with Gasteiger partial charge >= 0.3 is 0 Å². The van der Waals surface area contributed by atoms with E-state index in [1.54, 1.807) is 36.7 Å². The van der Waals surface area contributed by atoms with Gasteiger partial charge in [0.25, 0.3) is 5.91 Å². The van der Waals surface area contributed by atoms with Crippen LogP contribution in [0.4, 0.5) is 5.69 Å². The van der Waals surface area contributed by atoms with E-state index in [2.05, 4.69) is 38.4 Å².